The molecular weight excluding hydrogens is 651 g/mol. The normalized spacial score (nSPS) is 9.24. The number of rotatable bonds is 13. The Morgan fingerprint density at radius 3 is 1.60 bits per heavy atom. The van der Waals surface area contributed by atoms with Crippen LogP contribution in [0.5, 0.6) is 0 Å². The highest BCUT2D eigenvalue weighted by Gasteiger charge is 2.09. The number of amides is 2. The minimum Gasteiger partial charge on any atom is -0.481 e. The third-order valence-electron chi connectivity index (χ3n) is 4.71. The number of aromatic nitrogens is 2. The monoisotopic (exact) mass is 686 g/mol. The number of ether oxygens (including phenoxy) is 1. The molecule has 0 unspecified atom stereocenters. The molecule has 0 fully saturated rings. The number of esters is 1. The van der Waals surface area contributed by atoms with Gasteiger partial charge in [0.1, 0.15) is 23.8 Å². The molecule has 0 saturated heterocycles. The van der Waals surface area contributed by atoms with Crippen LogP contribution in [0.2, 0.25) is 0 Å². The Morgan fingerprint density at radius 1 is 0.844 bits per heavy atom. The van der Waals surface area contributed by atoms with Crippen molar-refractivity contribution in [2.75, 3.05) is 23.8 Å². The number of nitrogens with zero attached hydrogens (tertiary/aromatic N) is 4. The first-order valence-corrected chi connectivity index (χ1v) is 16.3. The number of unbranched alkanes of at least 4 members (excludes halogenated alkanes) is 2. The first kappa shape index (κ1) is 43.0. The van der Waals surface area contributed by atoms with Crippen molar-refractivity contribution in [1.82, 2.24) is 9.97 Å². The number of anilines is 2. The summed E-state index contributed by atoms with van der Waals surface area (Å²) in [5.74, 6) is -1.47. The number of pyridine rings is 2. The van der Waals surface area contributed by atoms with Gasteiger partial charge in [0.2, 0.25) is 21.0 Å². The molecule has 2 amide bonds. The van der Waals surface area contributed by atoms with Crippen molar-refractivity contribution >= 4 is 66.0 Å². The number of carbonyl (C=O) groups excluding carboxylic acids is 3. The van der Waals surface area contributed by atoms with E-state index in [0.29, 0.717) is 36.0 Å². The van der Waals surface area contributed by atoms with Crippen molar-refractivity contribution in [2.24, 2.45) is 0 Å². The molecule has 0 radical (unpaired) electrons. The minimum absolute atomic E-state index is 0.0474. The molecule has 14 nitrogen and oxygen atoms in total. The highest BCUT2D eigenvalue weighted by atomic mass is 36.0. The number of carboxylic acids is 1. The summed E-state index contributed by atoms with van der Waals surface area (Å²) in [6.45, 7) is 4.80. The molecule has 0 spiro atoms. The molecule has 0 aliphatic carbocycles. The van der Waals surface area contributed by atoms with Gasteiger partial charge in [0.05, 0.1) is 30.6 Å². The maximum Gasteiger partial charge on any atom is 0.306 e. The molecule has 45 heavy (non-hydrogen) atoms. The second-order valence-electron chi connectivity index (χ2n) is 8.41. The molecule has 0 saturated carbocycles. The fourth-order valence-corrected chi connectivity index (χ4v) is 2.48. The van der Waals surface area contributed by atoms with E-state index in [1.807, 2.05) is 19.1 Å². The number of hydrogen-bond donors (Lipinski definition) is 4. The van der Waals surface area contributed by atoms with Crippen LogP contribution < -0.4 is 10.6 Å². The van der Waals surface area contributed by atoms with Gasteiger partial charge in [-0.05, 0) is 37.1 Å². The highest BCUT2D eigenvalue weighted by Crippen LogP contribution is 2.06. The molecule has 246 valence electrons. The van der Waals surface area contributed by atoms with E-state index in [1.54, 1.807) is 6.07 Å². The lowest BCUT2D eigenvalue weighted by Gasteiger charge is -2.05. The first-order valence-electron chi connectivity index (χ1n) is 13.5. The van der Waals surface area contributed by atoms with Crippen LogP contribution in [-0.2, 0) is 33.1 Å². The Balaban J connectivity index is 0. The maximum atomic E-state index is 11.6. The van der Waals surface area contributed by atoms with Gasteiger partial charge in [-0.1, -0.05) is 26.7 Å². The SMILES string of the molecule is CCCCO.CCCCOC(=O)CCC(=O)Nc1ccc(C#N)cn1.N#Cc1ccc(NC(=O)CCC(=O)O)nc1.O=S(Cl)Cl. The van der Waals surface area contributed by atoms with E-state index >= 15 is 0 Å². The Morgan fingerprint density at radius 2 is 1.29 bits per heavy atom. The molecule has 2 rings (SSSR count). The predicted octanol–water partition coefficient (Wildman–Crippen LogP) is 4.59. The molecule has 0 aliphatic rings. The molecule has 2 heterocycles. The van der Waals surface area contributed by atoms with E-state index in [2.05, 4.69) is 48.9 Å². The summed E-state index contributed by atoms with van der Waals surface area (Å²) in [7, 11) is 7.36. The quantitative estimate of drug-likeness (QED) is 0.129. The fourth-order valence-electron chi connectivity index (χ4n) is 2.48. The third kappa shape index (κ3) is 28.4. The van der Waals surface area contributed by atoms with Crippen molar-refractivity contribution in [1.29, 1.82) is 10.5 Å². The molecule has 0 aromatic carbocycles. The van der Waals surface area contributed by atoms with Gasteiger partial charge in [-0.3, -0.25) is 19.2 Å². The summed E-state index contributed by atoms with van der Waals surface area (Å²) in [5.41, 5.74) is 0.811. The van der Waals surface area contributed by atoms with Crippen LogP contribution in [0.3, 0.4) is 0 Å². The van der Waals surface area contributed by atoms with E-state index in [9.17, 15) is 19.2 Å². The van der Waals surface area contributed by atoms with Gasteiger partial charge in [0.25, 0.3) is 0 Å². The topological polar surface area (TPSA) is 232 Å². The lowest BCUT2D eigenvalue weighted by molar-refractivity contribution is -0.144. The average molecular weight is 688 g/mol. The van der Waals surface area contributed by atoms with Crippen LogP contribution in [-0.4, -0.2) is 61.4 Å². The van der Waals surface area contributed by atoms with Crippen molar-refractivity contribution in [2.45, 2.75) is 65.2 Å². The van der Waals surface area contributed by atoms with Gasteiger partial charge in [0.15, 0.2) is 0 Å². The van der Waals surface area contributed by atoms with Gasteiger partial charge in [0, 0.05) is 53.2 Å². The third-order valence-corrected chi connectivity index (χ3v) is 4.71. The van der Waals surface area contributed by atoms with Crippen LogP contribution in [0, 0.1) is 22.7 Å². The molecule has 17 heteroatoms. The Labute approximate surface area is 273 Å². The lowest BCUT2D eigenvalue weighted by Crippen LogP contribution is -2.15. The van der Waals surface area contributed by atoms with Gasteiger partial charge in [-0.2, -0.15) is 10.5 Å². The van der Waals surface area contributed by atoms with E-state index in [1.165, 1.54) is 30.6 Å². The van der Waals surface area contributed by atoms with Gasteiger partial charge < -0.3 is 25.6 Å². The smallest absolute Gasteiger partial charge is 0.306 e. The summed E-state index contributed by atoms with van der Waals surface area (Å²) in [4.78, 5) is 52.0. The summed E-state index contributed by atoms with van der Waals surface area (Å²) in [6.07, 6.45) is 6.29. The van der Waals surface area contributed by atoms with Crippen LogP contribution in [0.25, 0.3) is 0 Å². The molecule has 2 aromatic heterocycles. The van der Waals surface area contributed by atoms with Gasteiger partial charge >= 0.3 is 11.9 Å². The van der Waals surface area contributed by atoms with Gasteiger partial charge in [-0.25, -0.2) is 14.2 Å². The second-order valence-corrected chi connectivity index (χ2v) is 10.9. The summed E-state index contributed by atoms with van der Waals surface area (Å²) >= 11 is 0. The number of halogens is 2. The van der Waals surface area contributed by atoms with Crippen molar-refractivity contribution in [3.05, 3.63) is 47.8 Å². The molecule has 0 bridgehead atoms. The second kappa shape index (κ2) is 28.6. The number of carbonyl (C=O) groups is 4. The van der Waals surface area contributed by atoms with E-state index < -0.39 is 21.1 Å². The minimum atomic E-state index is -1.67. The Hall–Kier alpha value is -4.15. The fraction of sp³-hybridized carbons (Fsp3) is 0.429. The number of carboxylic acid groups (broad SMARTS) is 1. The maximum absolute atomic E-state index is 11.6. The summed E-state index contributed by atoms with van der Waals surface area (Å²) in [5, 5.41) is 38.5. The number of aliphatic hydroxyl groups excluding tert-OH is 1. The zero-order chi connectivity index (χ0) is 34.5. The zero-order valence-corrected chi connectivity index (χ0v) is 27.2. The van der Waals surface area contributed by atoms with E-state index in [4.69, 9.17) is 29.7 Å². The standard InChI is InChI=1S/C14H17N3O3.C10H9N3O3.C4H10O.Cl2OS/c1-2-3-8-20-14(19)7-6-13(18)17-12-5-4-11(9-15)10-16-12;11-5-7-1-2-8(12-6-7)13-9(14)3-4-10(15)16;1-2-3-4-5;1-4(2)3/h4-5,10H,2-3,6-8H2,1H3,(H,16,17,18);1-2,6H,3-4H2,(H,15,16)(H,12,13,14);5H,2-4H2,1H3;. The average Bonchev–Trinajstić information content (AvgIpc) is 3.01. The number of aliphatic carboxylic acids is 1. The van der Waals surface area contributed by atoms with Crippen molar-refractivity contribution < 1.29 is 38.3 Å². The zero-order valence-electron chi connectivity index (χ0n) is 24.8. The summed E-state index contributed by atoms with van der Waals surface area (Å²) < 4.78 is 14.0. The largest absolute Gasteiger partial charge is 0.481 e. The predicted molar refractivity (Wildman–Crippen MR) is 169 cm³/mol. The number of hydrogen-bond acceptors (Lipinski definition) is 11. The Bertz CT molecular complexity index is 1260. The van der Waals surface area contributed by atoms with Crippen LogP contribution in [0.15, 0.2) is 36.7 Å². The molecule has 4 N–H and O–H groups in total. The van der Waals surface area contributed by atoms with Crippen molar-refractivity contribution in [3.8, 4) is 12.1 Å². The Kier molecular flexibility index (Phi) is 27.3. The molecule has 0 aliphatic heterocycles. The molecule has 2 aromatic rings. The van der Waals surface area contributed by atoms with Crippen LogP contribution >= 0.6 is 21.4 Å². The van der Waals surface area contributed by atoms with E-state index in [0.717, 1.165) is 25.7 Å². The van der Waals surface area contributed by atoms with E-state index in [-0.39, 0.29) is 37.6 Å². The number of nitrogens with one attached hydrogen (secondary N) is 2. The van der Waals surface area contributed by atoms with Crippen LogP contribution in [0.4, 0.5) is 11.6 Å². The summed E-state index contributed by atoms with van der Waals surface area (Å²) in [6, 6.07) is 9.92. The van der Waals surface area contributed by atoms with Crippen molar-refractivity contribution in [3.63, 3.8) is 0 Å². The van der Waals surface area contributed by atoms with Gasteiger partial charge in [-0.15, -0.1) is 0 Å². The molecular formula is C28H36Cl2N6O8S. The highest BCUT2D eigenvalue weighted by molar-refractivity contribution is 8.26. The number of aliphatic hydroxyl groups is 1. The number of nitriles is 2. The molecule has 0 atom stereocenters. The van der Waals surface area contributed by atoms with Crippen LogP contribution in [0.1, 0.15) is 76.3 Å². The lowest BCUT2D eigenvalue weighted by atomic mass is 10.3. The first-order chi connectivity index (χ1) is 21.4.